The molecule has 2 rings (SSSR count). The number of hydrogen-bond donors (Lipinski definition) is 2. The van der Waals surface area contributed by atoms with Gasteiger partial charge in [0.25, 0.3) is 0 Å². The zero-order valence-corrected chi connectivity index (χ0v) is 16.2. The van der Waals surface area contributed by atoms with E-state index in [2.05, 4.69) is 58.3 Å². The molecule has 116 valence electrons. The molecule has 0 radical (unpaired) electrons. The van der Waals surface area contributed by atoms with Crippen molar-refractivity contribution >= 4 is 59.9 Å². The number of carbonyl (C=O) groups is 1. The van der Waals surface area contributed by atoms with Crippen LogP contribution in [0.25, 0.3) is 0 Å². The molecule has 2 aromatic rings. The number of hydrazone groups is 1. The zero-order valence-electron chi connectivity index (χ0n) is 11.5. The van der Waals surface area contributed by atoms with Crippen molar-refractivity contribution in [2.75, 3.05) is 0 Å². The van der Waals surface area contributed by atoms with Crippen molar-refractivity contribution in [1.29, 1.82) is 0 Å². The Morgan fingerprint density at radius 3 is 2.77 bits per heavy atom. The standard InChI is InChI=1S/C14H12Br3N3O2/c1-20-4-2-3-8(20)5-12(21)19-18-7-9-10(15)6-11(16)14(22)13(9)17/h2-4,6-7,22H,5H2,1H3,(H,19,21)/b18-7+. The molecule has 2 N–H and O–H groups in total. The van der Waals surface area contributed by atoms with Crippen LogP contribution in [0.15, 0.2) is 42.9 Å². The lowest BCUT2D eigenvalue weighted by molar-refractivity contribution is -0.120. The molecule has 0 fully saturated rings. The molecule has 0 bridgehead atoms. The summed E-state index contributed by atoms with van der Waals surface area (Å²) in [5.41, 5.74) is 3.99. The molecule has 1 heterocycles. The summed E-state index contributed by atoms with van der Waals surface area (Å²) in [4.78, 5) is 11.8. The van der Waals surface area contributed by atoms with E-state index in [0.717, 1.165) is 10.2 Å². The number of rotatable bonds is 4. The van der Waals surface area contributed by atoms with Crippen molar-refractivity contribution in [2.24, 2.45) is 12.1 Å². The van der Waals surface area contributed by atoms with E-state index in [1.165, 1.54) is 6.21 Å². The zero-order chi connectivity index (χ0) is 16.3. The van der Waals surface area contributed by atoms with Crippen molar-refractivity contribution in [2.45, 2.75) is 6.42 Å². The Morgan fingerprint density at radius 1 is 1.41 bits per heavy atom. The number of carbonyl (C=O) groups excluding carboxylic acids is 1. The summed E-state index contributed by atoms with van der Waals surface area (Å²) >= 11 is 9.90. The van der Waals surface area contributed by atoms with Crippen molar-refractivity contribution in [3.05, 3.63) is 49.1 Å². The predicted octanol–water partition coefficient (Wildman–Crippen LogP) is 3.71. The minimum Gasteiger partial charge on any atom is -0.506 e. The van der Waals surface area contributed by atoms with E-state index in [4.69, 9.17) is 0 Å². The molecular formula is C14H12Br3N3O2. The quantitative estimate of drug-likeness (QED) is 0.503. The number of hydrogen-bond acceptors (Lipinski definition) is 3. The minimum atomic E-state index is -0.216. The van der Waals surface area contributed by atoms with Gasteiger partial charge in [0.15, 0.2) is 0 Å². The molecule has 0 aliphatic heterocycles. The number of benzene rings is 1. The average molecular weight is 494 g/mol. The molecule has 0 aliphatic rings. The number of halogens is 3. The minimum absolute atomic E-state index is 0.0692. The van der Waals surface area contributed by atoms with Crippen LogP contribution in [0.4, 0.5) is 0 Å². The van der Waals surface area contributed by atoms with Gasteiger partial charge in [-0.1, -0.05) is 15.9 Å². The molecule has 1 aromatic heterocycles. The second-order valence-corrected chi connectivity index (χ2v) is 7.00. The lowest BCUT2D eigenvalue weighted by Crippen LogP contribution is -2.21. The average Bonchev–Trinajstić information content (AvgIpc) is 2.85. The summed E-state index contributed by atoms with van der Waals surface area (Å²) in [7, 11) is 1.88. The molecule has 1 aromatic carbocycles. The van der Waals surface area contributed by atoms with Crippen molar-refractivity contribution in [1.82, 2.24) is 9.99 Å². The van der Waals surface area contributed by atoms with Crippen LogP contribution >= 0.6 is 47.8 Å². The number of aromatic nitrogens is 1. The predicted molar refractivity (Wildman–Crippen MR) is 96.1 cm³/mol. The van der Waals surface area contributed by atoms with Gasteiger partial charge in [0.05, 0.1) is 21.6 Å². The van der Waals surface area contributed by atoms with Gasteiger partial charge in [0.2, 0.25) is 5.91 Å². The van der Waals surface area contributed by atoms with Gasteiger partial charge in [0.1, 0.15) is 5.75 Å². The summed E-state index contributed by atoms with van der Waals surface area (Å²) in [6, 6.07) is 5.46. The second-order valence-electron chi connectivity index (χ2n) is 4.50. The van der Waals surface area contributed by atoms with Gasteiger partial charge in [-0.05, 0) is 50.1 Å². The molecule has 1 amide bonds. The van der Waals surface area contributed by atoms with Gasteiger partial charge in [-0.2, -0.15) is 5.10 Å². The Morgan fingerprint density at radius 2 is 2.14 bits per heavy atom. The Kier molecular flexibility index (Phi) is 5.82. The Balaban J connectivity index is 2.06. The molecule has 0 saturated carbocycles. The van der Waals surface area contributed by atoms with Crippen LogP contribution in [0.1, 0.15) is 11.3 Å². The number of amides is 1. The topological polar surface area (TPSA) is 66.6 Å². The van der Waals surface area contributed by atoms with Crippen LogP contribution in [0.2, 0.25) is 0 Å². The van der Waals surface area contributed by atoms with Gasteiger partial charge in [0, 0.05) is 29.0 Å². The summed E-state index contributed by atoms with van der Waals surface area (Å²) in [5, 5.41) is 13.8. The second kappa shape index (κ2) is 7.43. The molecule has 0 aliphatic carbocycles. The van der Waals surface area contributed by atoms with E-state index >= 15 is 0 Å². The highest BCUT2D eigenvalue weighted by Crippen LogP contribution is 2.38. The lowest BCUT2D eigenvalue weighted by atomic mass is 10.2. The molecular weight excluding hydrogens is 482 g/mol. The summed E-state index contributed by atoms with van der Waals surface area (Å²) in [6.45, 7) is 0. The normalized spacial score (nSPS) is 11.1. The van der Waals surface area contributed by atoms with Crippen LogP contribution in [0.5, 0.6) is 5.75 Å². The Hall–Kier alpha value is -1.12. The third-order valence-electron chi connectivity index (χ3n) is 2.96. The first-order valence-electron chi connectivity index (χ1n) is 6.18. The van der Waals surface area contributed by atoms with Gasteiger partial charge >= 0.3 is 0 Å². The van der Waals surface area contributed by atoms with E-state index in [1.54, 1.807) is 6.07 Å². The van der Waals surface area contributed by atoms with Crippen LogP contribution in [-0.4, -0.2) is 21.8 Å². The first-order valence-corrected chi connectivity index (χ1v) is 8.56. The van der Waals surface area contributed by atoms with E-state index in [-0.39, 0.29) is 18.1 Å². The Labute approximate surface area is 152 Å². The smallest absolute Gasteiger partial charge is 0.245 e. The number of aromatic hydroxyl groups is 1. The maximum atomic E-state index is 11.8. The van der Waals surface area contributed by atoms with E-state index in [0.29, 0.717) is 14.5 Å². The fraction of sp³-hybridized carbons (Fsp3) is 0.143. The highest BCUT2D eigenvalue weighted by atomic mass is 79.9. The first kappa shape index (κ1) is 17.2. The number of phenols is 1. The molecule has 0 atom stereocenters. The summed E-state index contributed by atoms with van der Waals surface area (Å²) < 4.78 is 3.64. The van der Waals surface area contributed by atoms with Crippen molar-refractivity contribution < 1.29 is 9.90 Å². The van der Waals surface area contributed by atoms with Gasteiger partial charge in [-0.3, -0.25) is 4.79 Å². The molecule has 8 heteroatoms. The van der Waals surface area contributed by atoms with Gasteiger partial charge in [-0.25, -0.2) is 5.43 Å². The number of nitrogens with zero attached hydrogens (tertiary/aromatic N) is 2. The highest BCUT2D eigenvalue weighted by molar-refractivity contribution is 9.11. The summed E-state index contributed by atoms with van der Waals surface area (Å²) in [6.07, 6.45) is 3.59. The highest BCUT2D eigenvalue weighted by Gasteiger charge is 2.12. The molecule has 0 unspecified atom stereocenters. The monoisotopic (exact) mass is 491 g/mol. The molecule has 22 heavy (non-hydrogen) atoms. The third-order valence-corrected chi connectivity index (χ3v) is 5.02. The lowest BCUT2D eigenvalue weighted by Gasteiger charge is -2.07. The maximum absolute atomic E-state index is 11.8. The molecule has 0 spiro atoms. The fourth-order valence-electron chi connectivity index (χ4n) is 1.77. The number of aryl methyl sites for hydroxylation is 1. The van der Waals surface area contributed by atoms with Crippen LogP contribution in [0, 0.1) is 0 Å². The Bertz CT molecular complexity index is 741. The van der Waals surface area contributed by atoms with Crippen LogP contribution < -0.4 is 5.43 Å². The summed E-state index contributed by atoms with van der Waals surface area (Å²) in [5.74, 6) is -0.147. The van der Waals surface area contributed by atoms with Gasteiger partial charge < -0.3 is 9.67 Å². The number of phenolic OH excluding ortho intramolecular Hbond substituents is 1. The number of nitrogens with one attached hydrogen (secondary N) is 1. The van der Waals surface area contributed by atoms with Crippen molar-refractivity contribution in [3.63, 3.8) is 0 Å². The molecule has 5 nitrogen and oxygen atoms in total. The largest absolute Gasteiger partial charge is 0.506 e. The third kappa shape index (κ3) is 3.99. The SMILES string of the molecule is Cn1cccc1CC(=O)N/N=C/c1c(Br)cc(Br)c(O)c1Br. The fourth-order valence-corrected chi connectivity index (χ4v) is 4.09. The van der Waals surface area contributed by atoms with E-state index in [9.17, 15) is 9.90 Å². The van der Waals surface area contributed by atoms with Crippen molar-refractivity contribution in [3.8, 4) is 5.75 Å². The first-order chi connectivity index (χ1) is 10.4. The maximum Gasteiger partial charge on any atom is 0.245 e. The van der Waals surface area contributed by atoms with Gasteiger partial charge in [-0.15, -0.1) is 0 Å². The van der Waals surface area contributed by atoms with Crippen LogP contribution in [0.3, 0.4) is 0 Å². The van der Waals surface area contributed by atoms with Crippen LogP contribution in [-0.2, 0) is 18.3 Å². The molecule has 0 saturated heterocycles. The van der Waals surface area contributed by atoms with E-state index in [1.807, 2.05) is 29.9 Å². The van der Waals surface area contributed by atoms with E-state index < -0.39 is 0 Å².